The van der Waals surface area contributed by atoms with Gasteiger partial charge in [-0.25, -0.2) is 9.80 Å². The van der Waals surface area contributed by atoms with E-state index in [9.17, 15) is 29.4 Å². The molecule has 8 nitrogen and oxygen atoms in total. The highest BCUT2D eigenvalue weighted by Gasteiger charge is 2.73. The van der Waals surface area contributed by atoms with Crippen LogP contribution in [-0.4, -0.2) is 46.2 Å². The fourth-order valence-corrected chi connectivity index (χ4v) is 8.62. The molecule has 252 valence electrons. The molecular formula is C34H28F6N2O6. The molecule has 3 fully saturated rings. The van der Waals surface area contributed by atoms with Crippen LogP contribution in [0, 0.1) is 41.4 Å². The first-order chi connectivity index (χ1) is 22.5. The zero-order valence-corrected chi connectivity index (χ0v) is 25.1. The summed E-state index contributed by atoms with van der Waals surface area (Å²) >= 11 is 0. The average molecular weight is 675 g/mol. The van der Waals surface area contributed by atoms with E-state index in [0.717, 1.165) is 0 Å². The van der Waals surface area contributed by atoms with Gasteiger partial charge in [-0.2, -0.15) is 26.3 Å². The Morgan fingerprint density at radius 2 is 1.15 bits per heavy atom. The van der Waals surface area contributed by atoms with Crippen LogP contribution in [0.2, 0.25) is 0 Å². The number of hydrogen-bond donors (Lipinski definition) is 2. The van der Waals surface area contributed by atoms with Gasteiger partial charge in [0.25, 0.3) is 0 Å². The minimum absolute atomic E-state index is 0.126. The topological polar surface area (TPSA) is 115 Å². The fraction of sp³-hybridized carbons (Fsp3) is 0.412. The molecule has 7 unspecified atom stereocenters. The Balaban J connectivity index is 1.38. The number of amides is 4. The highest BCUT2D eigenvalue weighted by atomic mass is 19.4. The van der Waals surface area contributed by atoms with E-state index in [2.05, 4.69) is 0 Å². The molecule has 7 atom stereocenters. The third-order valence-electron chi connectivity index (χ3n) is 10.8. The third-order valence-corrected chi connectivity index (χ3v) is 10.8. The van der Waals surface area contributed by atoms with Crippen molar-refractivity contribution in [1.29, 1.82) is 0 Å². The average Bonchev–Trinajstić information content (AvgIpc) is 3.76. The number of hydrogen-bond acceptors (Lipinski definition) is 6. The van der Waals surface area contributed by atoms with Crippen molar-refractivity contribution in [3.05, 3.63) is 71.8 Å². The van der Waals surface area contributed by atoms with Crippen molar-refractivity contribution in [2.24, 2.45) is 41.4 Å². The molecule has 7 rings (SSSR count). The first-order valence-corrected chi connectivity index (χ1v) is 15.5. The standard InChI is InChI=1S/C34H28F6N2O6/c1-2-15-4-3-5-20-25(15)29(46)41(28(20)45)21-13-18(8-10-23(21)43)32(33(35,36)37,34(38,39)40)19-9-11-24(44)22(14-19)42-30(47)26-16-6-7-17(12-16)27(26)31(42)48/h3-4,6-11,13-17,20,25-27,43-44H,2,5,12H2,1H3. The second kappa shape index (κ2) is 10.4. The predicted octanol–water partition coefficient (Wildman–Crippen LogP) is 5.91. The molecule has 4 amide bonds. The van der Waals surface area contributed by atoms with E-state index in [4.69, 9.17) is 0 Å². The van der Waals surface area contributed by atoms with Crippen LogP contribution in [0.15, 0.2) is 60.7 Å². The number of fused-ring (bicyclic) bond motifs is 6. The zero-order chi connectivity index (χ0) is 34.7. The number of anilines is 2. The second-order valence-electron chi connectivity index (χ2n) is 13.0. The maximum absolute atomic E-state index is 15.2. The van der Waals surface area contributed by atoms with E-state index in [1.165, 1.54) is 0 Å². The lowest BCUT2D eigenvalue weighted by atomic mass is 9.72. The van der Waals surface area contributed by atoms with Crippen LogP contribution in [0.25, 0.3) is 0 Å². The predicted molar refractivity (Wildman–Crippen MR) is 156 cm³/mol. The molecule has 1 saturated carbocycles. The number of allylic oxidation sites excluding steroid dienone is 4. The van der Waals surface area contributed by atoms with Gasteiger partial charge in [-0.1, -0.05) is 43.4 Å². The molecule has 0 spiro atoms. The summed E-state index contributed by atoms with van der Waals surface area (Å²) in [4.78, 5) is 54.7. The van der Waals surface area contributed by atoms with E-state index in [0.29, 0.717) is 59.0 Å². The zero-order valence-electron chi connectivity index (χ0n) is 25.1. The number of rotatable bonds is 5. The minimum Gasteiger partial charge on any atom is -0.506 e. The van der Waals surface area contributed by atoms with Gasteiger partial charge >= 0.3 is 12.4 Å². The summed E-state index contributed by atoms with van der Waals surface area (Å²) in [6.07, 6.45) is -4.31. The molecule has 2 aromatic rings. The number of carbonyl (C=O) groups is 4. The molecule has 3 aliphatic carbocycles. The van der Waals surface area contributed by atoms with Gasteiger partial charge in [-0.05, 0) is 72.4 Å². The Morgan fingerprint density at radius 1 is 0.688 bits per heavy atom. The third kappa shape index (κ3) is 4.09. The molecule has 5 aliphatic rings. The molecule has 2 saturated heterocycles. The molecule has 2 aliphatic heterocycles. The number of phenols is 2. The largest absolute Gasteiger partial charge is 0.506 e. The number of phenolic OH excluding ortho intramolecular Hbond substituents is 2. The van der Waals surface area contributed by atoms with Crippen molar-refractivity contribution < 1.29 is 55.7 Å². The van der Waals surface area contributed by atoms with Gasteiger partial charge in [0, 0.05) is 0 Å². The molecule has 2 bridgehead atoms. The normalized spacial score (nSPS) is 29.8. The van der Waals surface area contributed by atoms with E-state index in [1.807, 2.05) is 0 Å². The van der Waals surface area contributed by atoms with Crippen molar-refractivity contribution in [3.8, 4) is 11.5 Å². The molecule has 0 radical (unpaired) electrons. The highest BCUT2D eigenvalue weighted by Crippen LogP contribution is 2.59. The van der Waals surface area contributed by atoms with E-state index < -0.39 is 105 Å². The van der Waals surface area contributed by atoms with Crippen LogP contribution in [0.1, 0.15) is 37.3 Å². The maximum atomic E-state index is 15.2. The number of carbonyl (C=O) groups excluding carboxylic acids is 4. The van der Waals surface area contributed by atoms with Crippen LogP contribution >= 0.6 is 0 Å². The molecule has 2 heterocycles. The summed E-state index contributed by atoms with van der Waals surface area (Å²) in [6, 6.07) is 2.53. The second-order valence-corrected chi connectivity index (χ2v) is 13.0. The van der Waals surface area contributed by atoms with Gasteiger partial charge in [-0.3, -0.25) is 19.2 Å². The van der Waals surface area contributed by atoms with Crippen molar-refractivity contribution in [1.82, 2.24) is 0 Å². The van der Waals surface area contributed by atoms with Crippen LogP contribution in [0.4, 0.5) is 37.7 Å². The van der Waals surface area contributed by atoms with Crippen molar-refractivity contribution in [2.75, 3.05) is 9.80 Å². The summed E-state index contributed by atoms with van der Waals surface area (Å²) in [5.41, 5.74) is -9.54. The van der Waals surface area contributed by atoms with Crippen LogP contribution in [0.3, 0.4) is 0 Å². The molecule has 0 aromatic heterocycles. The molecular weight excluding hydrogens is 646 g/mol. The van der Waals surface area contributed by atoms with Crippen molar-refractivity contribution in [3.63, 3.8) is 0 Å². The van der Waals surface area contributed by atoms with Crippen molar-refractivity contribution in [2.45, 2.75) is 44.0 Å². The summed E-state index contributed by atoms with van der Waals surface area (Å²) < 4.78 is 91.5. The van der Waals surface area contributed by atoms with Gasteiger partial charge in [0.15, 0.2) is 0 Å². The first kappa shape index (κ1) is 32.0. The lowest BCUT2D eigenvalue weighted by molar-refractivity contribution is -0.288. The van der Waals surface area contributed by atoms with Gasteiger partial charge in [0.2, 0.25) is 29.0 Å². The summed E-state index contributed by atoms with van der Waals surface area (Å²) in [5.74, 6) is -9.76. The number of alkyl halides is 6. The number of halogens is 6. The number of nitrogens with zero attached hydrogens (tertiary/aromatic N) is 2. The minimum atomic E-state index is -6.16. The Kier molecular flexibility index (Phi) is 6.95. The number of imide groups is 2. The Bertz CT molecular complexity index is 1790. The molecule has 2 N–H and O–H groups in total. The summed E-state index contributed by atoms with van der Waals surface area (Å²) in [7, 11) is 0. The van der Waals surface area contributed by atoms with Crippen molar-refractivity contribution >= 4 is 35.0 Å². The number of aromatic hydroxyl groups is 2. The van der Waals surface area contributed by atoms with Gasteiger partial charge < -0.3 is 10.2 Å². The van der Waals surface area contributed by atoms with Gasteiger partial charge in [-0.15, -0.1) is 0 Å². The summed E-state index contributed by atoms with van der Waals surface area (Å²) in [5, 5.41) is 21.4. The monoisotopic (exact) mass is 674 g/mol. The maximum Gasteiger partial charge on any atom is 0.411 e. The first-order valence-electron chi connectivity index (χ1n) is 15.5. The van der Waals surface area contributed by atoms with Gasteiger partial charge in [0.1, 0.15) is 11.5 Å². The Hall–Kier alpha value is -4.62. The Morgan fingerprint density at radius 3 is 1.60 bits per heavy atom. The van der Waals surface area contributed by atoms with Crippen LogP contribution in [0.5, 0.6) is 11.5 Å². The van der Waals surface area contributed by atoms with E-state index >= 15 is 26.3 Å². The number of benzene rings is 2. The summed E-state index contributed by atoms with van der Waals surface area (Å²) in [6.45, 7) is 1.76. The Labute approximate surface area is 269 Å². The van der Waals surface area contributed by atoms with Gasteiger partial charge in [0.05, 0.1) is 35.0 Å². The molecule has 14 heteroatoms. The lowest BCUT2D eigenvalue weighted by Gasteiger charge is -2.39. The fourth-order valence-electron chi connectivity index (χ4n) is 8.62. The van der Waals surface area contributed by atoms with E-state index in [1.54, 1.807) is 31.2 Å². The lowest BCUT2D eigenvalue weighted by Crippen LogP contribution is -2.55. The molecule has 2 aromatic carbocycles. The quantitative estimate of drug-likeness (QED) is 0.232. The SMILES string of the molecule is CCC1C=CCC2C(=O)N(c3cc(C(c4ccc(O)c(N5C(=O)C6C7C=CC(C7)C6C5=O)c4)(C(F)(F)F)C(F)(F)F)ccc3O)C(=O)C12. The molecule has 48 heavy (non-hydrogen) atoms. The van der Waals surface area contributed by atoms with Crippen LogP contribution < -0.4 is 9.80 Å². The highest BCUT2D eigenvalue weighted by molar-refractivity contribution is 6.24. The van der Waals surface area contributed by atoms with E-state index in [-0.39, 0.29) is 18.3 Å². The van der Waals surface area contributed by atoms with Crippen LogP contribution in [-0.2, 0) is 24.6 Å². The smallest absolute Gasteiger partial charge is 0.411 e.